The zero-order valence-corrected chi connectivity index (χ0v) is 9.56. The molecule has 0 radical (unpaired) electrons. The number of hydrogen-bond donors (Lipinski definition) is 2. The van der Waals surface area contributed by atoms with Gasteiger partial charge in [-0.25, -0.2) is 0 Å². The highest BCUT2D eigenvalue weighted by Gasteiger charge is 2.33. The normalized spacial score (nSPS) is 14.9. The van der Waals surface area contributed by atoms with E-state index in [0.29, 0.717) is 19.3 Å². The van der Waals surface area contributed by atoms with Gasteiger partial charge in [0, 0.05) is 0 Å². The van der Waals surface area contributed by atoms with Crippen LogP contribution in [-0.4, -0.2) is 22.2 Å². The van der Waals surface area contributed by atoms with Gasteiger partial charge in [0.2, 0.25) is 0 Å². The van der Waals surface area contributed by atoms with Crippen molar-refractivity contribution in [1.82, 2.24) is 0 Å². The molecular weight excluding hydrogens is 196 g/mol. The second-order valence-electron chi connectivity index (χ2n) is 4.31. The van der Waals surface area contributed by atoms with Crippen LogP contribution in [0.15, 0.2) is 0 Å². The first-order valence-electron chi connectivity index (χ1n) is 5.35. The van der Waals surface area contributed by atoms with E-state index in [1.165, 1.54) is 0 Å². The van der Waals surface area contributed by atoms with Gasteiger partial charge in [0.15, 0.2) is 0 Å². The molecule has 2 N–H and O–H groups in total. The summed E-state index contributed by atoms with van der Waals surface area (Å²) < 4.78 is 0. The molecule has 88 valence electrons. The molecule has 2 atom stereocenters. The van der Waals surface area contributed by atoms with Crippen molar-refractivity contribution in [3.8, 4) is 0 Å². The Morgan fingerprint density at radius 2 is 1.53 bits per heavy atom. The third-order valence-corrected chi connectivity index (χ3v) is 2.45. The molecule has 0 saturated carbocycles. The smallest absolute Gasteiger partial charge is 0.307 e. The lowest BCUT2D eigenvalue weighted by atomic mass is 9.83. The van der Waals surface area contributed by atoms with E-state index in [-0.39, 0.29) is 5.92 Å². The molecule has 0 aliphatic heterocycles. The van der Waals surface area contributed by atoms with Crippen molar-refractivity contribution in [1.29, 1.82) is 0 Å². The third kappa shape index (κ3) is 4.81. The van der Waals surface area contributed by atoms with Crippen LogP contribution in [0.25, 0.3) is 0 Å². The van der Waals surface area contributed by atoms with Crippen molar-refractivity contribution in [2.45, 2.75) is 40.0 Å². The Kier molecular flexibility index (Phi) is 5.97. The highest BCUT2D eigenvalue weighted by molar-refractivity contribution is 5.79. The maximum Gasteiger partial charge on any atom is 0.307 e. The summed E-state index contributed by atoms with van der Waals surface area (Å²) in [6.07, 6.45) is 1.55. The fourth-order valence-electron chi connectivity index (χ4n) is 1.75. The van der Waals surface area contributed by atoms with Gasteiger partial charge in [-0.15, -0.1) is 0 Å². The van der Waals surface area contributed by atoms with Crippen molar-refractivity contribution in [3.05, 3.63) is 0 Å². The number of carbonyl (C=O) groups is 2. The summed E-state index contributed by atoms with van der Waals surface area (Å²) in [6.45, 7) is 5.67. The molecule has 0 bridgehead atoms. The molecule has 15 heavy (non-hydrogen) atoms. The quantitative estimate of drug-likeness (QED) is 0.684. The minimum atomic E-state index is -0.996. The monoisotopic (exact) mass is 216 g/mol. The average Bonchev–Trinajstić information content (AvgIpc) is 2.09. The van der Waals surface area contributed by atoms with Crippen LogP contribution in [0.5, 0.6) is 0 Å². The predicted octanol–water partition coefficient (Wildman–Crippen LogP) is 2.23. The summed E-state index contributed by atoms with van der Waals surface area (Å²) in [5.41, 5.74) is 0. The molecule has 0 aromatic rings. The largest absolute Gasteiger partial charge is 0.481 e. The van der Waals surface area contributed by atoms with E-state index in [1.807, 2.05) is 20.8 Å². The lowest BCUT2D eigenvalue weighted by Gasteiger charge is -2.21. The van der Waals surface area contributed by atoms with Gasteiger partial charge in [0.25, 0.3) is 0 Å². The fourth-order valence-corrected chi connectivity index (χ4v) is 1.75. The van der Waals surface area contributed by atoms with E-state index in [1.54, 1.807) is 0 Å². The molecule has 0 amide bonds. The van der Waals surface area contributed by atoms with Gasteiger partial charge in [0.1, 0.15) is 0 Å². The van der Waals surface area contributed by atoms with E-state index < -0.39 is 23.8 Å². The van der Waals surface area contributed by atoms with Crippen LogP contribution >= 0.6 is 0 Å². The van der Waals surface area contributed by atoms with E-state index in [9.17, 15) is 9.59 Å². The molecule has 0 heterocycles. The minimum absolute atomic E-state index is 0.199. The van der Waals surface area contributed by atoms with Crippen LogP contribution in [0, 0.1) is 17.8 Å². The predicted molar refractivity (Wildman–Crippen MR) is 56.6 cm³/mol. The highest BCUT2D eigenvalue weighted by atomic mass is 16.4. The van der Waals surface area contributed by atoms with Crippen LogP contribution in [0.4, 0.5) is 0 Å². The lowest BCUT2D eigenvalue weighted by molar-refractivity contribution is -0.154. The first-order valence-corrected chi connectivity index (χ1v) is 5.35. The van der Waals surface area contributed by atoms with Gasteiger partial charge in [-0.05, 0) is 18.8 Å². The summed E-state index contributed by atoms with van der Waals surface area (Å²) in [6, 6.07) is 0. The zero-order chi connectivity index (χ0) is 12.0. The molecule has 0 rings (SSSR count). The van der Waals surface area contributed by atoms with Crippen LogP contribution < -0.4 is 0 Å². The number of rotatable bonds is 7. The number of hydrogen-bond acceptors (Lipinski definition) is 2. The first-order chi connectivity index (χ1) is 6.90. The Morgan fingerprint density at radius 3 is 1.80 bits per heavy atom. The number of aliphatic carboxylic acids is 2. The SMILES string of the molecule is CCC[C@H](C(=O)O)[C@@H](CC(C)C)C(=O)O. The van der Waals surface area contributed by atoms with Gasteiger partial charge in [-0.2, -0.15) is 0 Å². The van der Waals surface area contributed by atoms with E-state index in [0.717, 1.165) is 0 Å². The fraction of sp³-hybridized carbons (Fsp3) is 0.818. The Bertz CT molecular complexity index is 223. The molecule has 0 fully saturated rings. The van der Waals surface area contributed by atoms with Crippen molar-refractivity contribution in [3.63, 3.8) is 0 Å². The summed E-state index contributed by atoms with van der Waals surface area (Å²) >= 11 is 0. The molecule has 0 aromatic heterocycles. The molecule has 0 saturated heterocycles. The maximum absolute atomic E-state index is 11.0. The Hall–Kier alpha value is -1.06. The summed E-state index contributed by atoms with van der Waals surface area (Å²) in [7, 11) is 0. The van der Waals surface area contributed by atoms with Gasteiger partial charge < -0.3 is 10.2 Å². The lowest BCUT2D eigenvalue weighted by Crippen LogP contribution is -2.30. The molecule has 0 aromatic carbocycles. The Labute approximate surface area is 90.3 Å². The first kappa shape index (κ1) is 13.9. The van der Waals surface area contributed by atoms with Gasteiger partial charge in [-0.1, -0.05) is 27.2 Å². The summed E-state index contributed by atoms with van der Waals surface area (Å²) in [5, 5.41) is 18.0. The van der Waals surface area contributed by atoms with E-state index >= 15 is 0 Å². The van der Waals surface area contributed by atoms with E-state index in [4.69, 9.17) is 10.2 Å². The van der Waals surface area contributed by atoms with Gasteiger partial charge >= 0.3 is 11.9 Å². The maximum atomic E-state index is 11.0. The second kappa shape index (κ2) is 6.43. The molecule has 0 aliphatic rings. The molecule has 0 unspecified atom stereocenters. The third-order valence-electron chi connectivity index (χ3n) is 2.45. The average molecular weight is 216 g/mol. The molecular formula is C11H20O4. The number of carboxylic acids is 2. The molecule has 0 aliphatic carbocycles. The van der Waals surface area contributed by atoms with Gasteiger partial charge in [0.05, 0.1) is 11.8 Å². The standard InChI is InChI=1S/C11H20O4/c1-4-5-8(10(12)13)9(11(14)15)6-7(2)3/h7-9H,4-6H2,1-3H3,(H,12,13)(H,14,15)/t8-,9+/m0/s1. The van der Waals surface area contributed by atoms with Crippen LogP contribution in [-0.2, 0) is 9.59 Å². The Morgan fingerprint density at radius 1 is 1.07 bits per heavy atom. The summed E-state index contributed by atoms with van der Waals surface area (Å²) in [5.74, 6) is -3.31. The van der Waals surface area contributed by atoms with Crippen LogP contribution in [0.2, 0.25) is 0 Å². The molecule has 4 nitrogen and oxygen atoms in total. The van der Waals surface area contributed by atoms with Crippen LogP contribution in [0.1, 0.15) is 40.0 Å². The van der Waals surface area contributed by atoms with E-state index in [2.05, 4.69) is 0 Å². The van der Waals surface area contributed by atoms with Crippen LogP contribution in [0.3, 0.4) is 0 Å². The molecule has 0 spiro atoms. The zero-order valence-electron chi connectivity index (χ0n) is 9.56. The summed E-state index contributed by atoms with van der Waals surface area (Å²) in [4.78, 5) is 21.9. The van der Waals surface area contributed by atoms with Crippen molar-refractivity contribution >= 4 is 11.9 Å². The van der Waals surface area contributed by atoms with Gasteiger partial charge in [-0.3, -0.25) is 9.59 Å². The van der Waals surface area contributed by atoms with Crippen molar-refractivity contribution < 1.29 is 19.8 Å². The highest BCUT2D eigenvalue weighted by Crippen LogP contribution is 2.25. The van der Waals surface area contributed by atoms with Crippen molar-refractivity contribution in [2.75, 3.05) is 0 Å². The molecule has 4 heteroatoms. The van der Waals surface area contributed by atoms with Crippen molar-refractivity contribution in [2.24, 2.45) is 17.8 Å². The topological polar surface area (TPSA) is 74.6 Å². The Balaban J connectivity index is 4.67. The minimum Gasteiger partial charge on any atom is -0.481 e. The number of carboxylic acid groups (broad SMARTS) is 2. The second-order valence-corrected chi connectivity index (χ2v) is 4.31.